The van der Waals surface area contributed by atoms with Gasteiger partial charge < -0.3 is 5.32 Å². The molecule has 0 spiro atoms. The molecule has 2 aromatic rings. The first kappa shape index (κ1) is 15.3. The van der Waals surface area contributed by atoms with Crippen molar-refractivity contribution in [2.24, 2.45) is 0 Å². The van der Waals surface area contributed by atoms with Crippen LogP contribution in [0.3, 0.4) is 0 Å². The summed E-state index contributed by atoms with van der Waals surface area (Å²) in [5.74, 6) is 0. The summed E-state index contributed by atoms with van der Waals surface area (Å²) in [6.07, 6.45) is 0. The molecule has 0 radical (unpaired) electrons. The van der Waals surface area contributed by atoms with Crippen molar-refractivity contribution >= 4 is 15.9 Å². The maximum Gasteiger partial charge on any atom is 0.0297 e. The molecule has 0 bridgehead atoms. The summed E-state index contributed by atoms with van der Waals surface area (Å²) in [7, 11) is 0. The molecule has 20 heavy (non-hydrogen) atoms. The van der Waals surface area contributed by atoms with E-state index in [1.54, 1.807) is 0 Å². The first-order valence-corrected chi connectivity index (χ1v) is 7.83. The lowest BCUT2D eigenvalue weighted by atomic mass is 9.96. The average molecular weight is 332 g/mol. The third-order valence-electron chi connectivity index (χ3n) is 3.91. The minimum Gasteiger partial charge on any atom is -0.306 e. The van der Waals surface area contributed by atoms with E-state index < -0.39 is 0 Å². The van der Waals surface area contributed by atoms with Gasteiger partial charge in [0.25, 0.3) is 0 Å². The maximum absolute atomic E-state index is 3.61. The summed E-state index contributed by atoms with van der Waals surface area (Å²) >= 11 is 3.60. The number of hydrogen-bond donors (Lipinski definition) is 1. The number of nitrogens with one attached hydrogen (secondary N) is 1. The molecular weight excluding hydrogens is 310 g/mol. The fraction of sp³-hybridized carbons (Fsp3) is 0.333. The van der Waals surface area contributed by atoms with E-state index in [9.17, 15) is 0 Å². The van der Waals surface area contributed by atoms with E-state index >= 15 is 0 Å². The lowest BCUT2D eigenvalue weighted by Gasteiger charge is -2.19. The van der Waals surface area contributed by atoms with E-state index in [1.807, 2.05) is 6.07 Å². The highest BCUT2D eigenvalue weighted by Crippen LogP contribution is 2.23. The first-order valence-electron chi connectivity index (χ1n) is 7.03. The van der Waals surface area contributed by atoms with Gasteiger partial charge in [0.2, 0.25) is 0 Å². The highest BCUT2D eigenvalue weighted by Gasteiger charge is 2.10. The third kappa shape index (κ3) is 3.50. The van der Waals surface area contributed by atoms with E-state index in [2.05, 4.69) is 79.3 Å². The predicted octanol–water partition coefficient (Wildman–Crippen LogP) is 5.23. The Morgan fingerprint density at radius 3 is 2.35 bits per heavy atom. The number of rotatable bonds is 4. The Hall–Kier alpha value is -1.12. The van der Waals surface area contributed by atoms with Crippen LogP contribution in [0.5, 0.6) is 0 Å². The standard InChI is InChI=1S/C18H22BrN/c1-12-9-14(3)17(10-13(12)2)15(4)20-11-16-7-5-6-8-18(16)19/h5-10,15,20H,11H2,1-4H3. The minimum atomic E-state index is 0.349. The first-order chi connectivity index (χ1) is 9.49. The quantitative estimate of drug-likeness (QED) is 0.809. The van der Waals surface area contributed by atoms with Crippen LogP contribution in [0, 0.1) is 20.8 Å². The summed E-state index contributed by atoms with van der Waals surface area (Å²) < 4.78 is 1.16. The molecule has 1 unspecified atom stereocenters. The van der Waals surface area contributed by atoms with Gasteiger partial charge >= 0.3 is 0 Å². The van der Waals surface area contributed by atoms with E-state index in [-0.39, 0.29) is 0 Å². The molecule has 2 rings (SSSR count). The van der Waals surface area contributed by atoms with Crippen LogP contribution in [0.4, 0.5) is 0 Å². The Morgan fingerprint density at radius 2 is 1.65 bits per heavy atom. The van der Waals surface area contributed by atoms with Gasteiger partial charge in [-0.2, -0.15) is 0 Å². The summed E-state index contributed by atoms with van der Waals surface area (Å²) in [4.78, 5) is 0. The van der Waals surface area contributed by atoms with Crippen molar-refractivity contribution in [1.29, 1.82) is 0 Å². The fourth-order valence-corrected chi connectivity index (χ4v) is 2.89. The van der Waals surface area contributed by atoms with Crippen molar-refractivity contribution in [1.82, 2.24) is 5.32 Å². The van der Waals surface area contributed by atoms with Gasteiger partial charge in [-0.25, -0.2) is 0 Å². The van der Waals surface area contributed by atoms with Crippen LogP contribution in [-0.2, 0) is 6.54 Å². The Bertz CT molecular complexity index is 604. The van der Waals surface area contributed by atoms with Crippen LogP contribution >= 0.6 is 15.9 Å². The summed E-state index contributed by atoms with van der Waals surface area (Å²) in [6, 6.07) is 13.3. The van der Waals surface area contributed by atoms with Crippen molar-refractivity contribution in [3.63, 3.8) is 0 Å². The normalized spacial score (nSPS) is 12.4. The minimum absolute atomic E-state index is 0.349. The smallest absolute Gasteiger partial charge is 0.0297 e. The zero-order valence-electron chi connectivity index (χ0n) is 12.6. The lowest BCUT2D eigenvalue weighted by molar-refractivity contribution is 0.571. The van der Waals surface area contributed by atoms with Crippen LogP contribution in [0.15, 0.2) is 40.9 Å². The van der Waals surface area contributed by atoms with Crippen LogP contribution in [0.2, 0.25) is 0 Å². The highest BCUT2D eigenvalue weighted by atomic mass is 79.9. The van der Waals surface area contributed by atoms with Crippen LogP contribution in [-0.4, -0.2) is 0 Å². The van der Waals surface area contributed by atoms with E-state index in [0.717, 1.165) is 11.0 Å². The van der Waals surface area contributed by atoms with Gasteiger partial charge in [-0.3, -0.25) is 0 Å². The molecule has 2 heteroatoms. The summed E-state index contributed by atoms with van der Waals surface area (Å²) in [5.41, 5.74) is 6.77. The highest BCUT2D eigenvalue weighted by molar-refractivity contribution is 9.10. The zero-order chi connectivity index (χ0) is 14.7. The SMILES string of the molecule is Cc1cc(C)c(C(C)NCc2ccccc2Br)cc1C. The lowest BCUT2D eigenvalue weighted by Crippen LogP contribution is -2.19. The van der Waals surface area contributed by atoms with Gasteiger partial charge in [-0.15, -0.1) is 0 Å². The number of hydrogen-bond acceptors (Lipinski definition) is 1. The predicted molar refractivity (Wildman–Crippen MR) is 90.0 cm³/mol. The van der Waals surface area contributed by atoms with Crippen molar-refractivity contribution in [2.75, 3.05) is 0 Å². The third-order valence-corrected chi connectivity index (χ3v) is 4.68. The summed E-state index contributed by atoms with van der Waals surface area (Å²) in [6.45, 7) is 9.64. The number of halogens is 1. The van der Waals surface area contributed by atoms with Gasteiger partial charge in [0.15, 0.2) is 0 Å². The Kier molecular flexibility index (Phi) is 5.00. The Labute approximate surface area is 130 Å². The molecule has 1 atom stereocenters. The van der Waals surface area contributed by atoms with Crippen LogP contribution in [0.1, 0.15) is 40.8 Å². The molecule has 0 amide bonds. The molecule has 0 fully saturated rings. The Morgan fingerprint density at radius 1 is 1.00 bits per heavy atom. The van der Waals surface area contributed by atoms with Crippen molar-refractivity contribution in [3.8, 4) is 0 Å². The fourth-order valence-electron chi connectivity index (χ4n) is 2.46. The second-order valence-corrected chi connectivity index (χ2v) is 6.34. The van der Waals surface area contributed by atoms with Gasteiger partial charge in [0.1, 0.15) is 0 Å². The molecule has 0 heterocycles. The topological polar surface area (TPSA) is 12.0 Å². The maximum atomic E-state index is 3.61. The molecule has 0 saturated heterocycles. The molecular formula is C18H22BrN. The molecule has 1 N–H and O–H groups in total. The molecule has 0 aromatic heterocycles. The van der Waals surface area contributed by atoms with E-state index in [1.165, 1.54) is 27.8 Å². The second-order valence-electron chi connectivity index (χ2n) is 5.49. The van der Waals surface area contributed by atoms with Crippen LogP contribution < -0.4 is 5.32 Å². The second kappa shape index (κ2) is 6.55. The van der Waals surface area contributed by atoms with Crippen LogP contribution in [0.25, 0.3) is 0 Å². The molecule has 2 aromatic carbocycles. The van der Waals surface area contributed by atoms with Crippen molar-refractivity contribution in [2.45, 2.75) is 40.3 Å². The van der Waals surface area contributed by atoms with Gasteiger partial charge in [0, 0.05) is 17.1 Å². The van der Waals surface area contributed by atoms with Crippen molar-refractivity contribution in [3.05, 3.63) is 68.7 Å². The van der Waals surface area contributed by atoms with E-state index in [4.69, 9.17) is 0 Å². The van der Waals surface area contributed by atoms with Gasteiger partial charge in [-0.05, 0) is 61.6 Å². The number of aryl methyl sites for hydroxylation is 3. The van der Waals surface area contributed by atoms with E-state index in [0.29, 0.717) is 6.04 Å². The number of benzene rings is 2. The van der Waals surface area contributed by atoms with Gasteiger partial charge in [-0.1, -0.05) is 46.3 Å². The molecule has 0 aliphatic carbocycles. The monoisotopic (exact) mass is 331 g/mol. The molecule has 106 valence electrons. The Balaban J connectivity index is 2.11. The largest absolute Gasteiger partial charge is 0.306 e. The van der Waals surface area contributed by atoms with Crippen molar-refractivity contribution < 1.29 is 0 Å². The molecule has 0 aliphatic rings. The summed E-state index contributed by atoms with van der Waals surface area (Å²) in [5, 5.41) is 3.61. The van der Waals surface area contributed by atoms with Gasteiger partial charge in [0.05, 0.1) is 0 Å². The zero-order valence-corrected chi connectivity index (χ0v) is 14.2. The average Bonchev–Trinajstić information content (AvgIpc) is 2.41. The molecule has 0 aliphatic heterocycles. The molecule has 1 nitrogen and oxygen atoms in total. The molecule has 0 saturated carbocycles.